The molecule has 0 aliphatic carbocycles. The van der Waals surface area contributed by atoms with Crippen molar-refractivity contribution >= 4 is 29.0 Å². The minimum atomic E-state index is -0.477. The number of nitro groups is 1. The van der Waals surface area contributed by atoms with Crippen molar-refractivity contribution in [1.29, 1.82) is 0 Å². The van der Waals surface area contributed by atoms with Crippen LogP contribution in [0.4, 0.5) is 11.4 Å². The van der Waals surface area contributed by atoms with E-state index in [9.17, 15) is 14.9 Å². The Morgan fingerprint density at radius 1 is 1.14 bits per heavy atom. The first kappa shape index (κ1) is 19.6. The predicted octanol–water partition coefficient (Wildman–Crippen LogP) is 4.38. The number of nitro benzene ring substituents is 1. The second-order valence-electron chi connectivity index (χ2n) is 6.23. The summed E-state index contributed by atoms with van der Waals surface area (Å²) >= 11 is 1.14. The predicted molar refractivity (Wildman–Crippen MR) is 106 cm³/mol. The van der Waals surface area contributed by atoms with Gasteiger partial charge in [-0.05, 0) is 56.2 Å². The highest BCUT2D eigenvalue weighted by molar-refractivity contribution is 8.00. The molecule has 2 aromatic carbocycles. The number of nitrogens with zero attached hydrogens (tertiary/aromatic N) is 3. The van der Waals surface area contributed by atoms with Crippen LogP contribution in [0.2, 0.25) is 0 Å². The minimum Gasteiger partial charge on any atom is -0.411 e. The highest BCUT2D eigenvalue weighted by Gasteiger charge is 2.19. The van der Waals surface area contributed by atoms with Crippen LogP contribution in [0.3, 0.4) is 0 Å². The molecule has 28 heavy (non-hydrogen) atoms. The highest BCUT2D eigenvalue weighted by Crippen LogP contribution is 2.28. The average Bonchev–Trinajstić information content (AvgIpc) is 3.13. The summed E-state index contributed by atoms with van der Waals surface area (Å²) in [6.07, 6.45) is 0. The summed E-state index contributed by atoms with van der Waals surface area (Å²) < 4.78 is 5.57. The molecule has 3 rings (SSSR count). The Morgan fingerprint density at radius 3 is 2.50 bits per heavy atom. The van der Waals surface area contributed by atoms with E-state index < -0.39 is 10.2 Å². The van der Waals surface area contributed by atoms with Crippen LogP contribution in [-0.4, -0.2) is 26.3 Å². The van der Waals surface area contributed by atoms with Crippen LogP contribution in [0.5, 0.6) is 0 Å². The largest absolute Gasteiger partial charge is 0.411 e. The van der Waals surface area contributed by atoms with Crippen molar-refractivity contribution < 1.29 is 14.1 Å². The van der Waals surface area contributed by atoms with E-state index >= 15 is 0 Å². The first-order chi connectivity index (χ1) is 13.3. The number of anilines is 1. The maximum Gasteiger partial charge on any atom is 0.277 e. The quantitative estimate of drug-likeness (QED) is 0.372. The molecular weight excluding hydrogens is 380 g/mol. The molecule has 0 unspecified atom stereocenters. The molecule has 8 nitrogen and oxygen atoms in total. The van der Waals surface area contributed by atoms with Crippen LogP contribution in [0.25, 0.3) is 11.5 Å². The summed E-state index contributed by atoms with van der Waals surface area (Å²) in [6.45, 7) is 5.75. The zero-order valence-corrected chi connectivity index (χ0v) is 16.3. The van der Waals surface area contributed by atoms with Crippen molar-refractivity contribution in [1.82, 2.24) is 10.2 Å². The van der Waals surface area contributed by atoms with Crippen LogP contribution >= 0.6 is 11.8 Å². The van der Waals surface area contributed by atoms with Crippen LogP contribution < -0.4 is 5.32 Å². The molecule has 0 spiro atoms. The lowest BCUT2D eigenvalue weighted by molar-refractivity contribution is -0.384. The number of nitrogens with one attached hydrogen (secondary N) is 1. The van der Waals surface area contributed by atoms with Gasteiger partial charge in [0.1, 0.15) is 0 Å². The van der Waals surface area contributed by atoms with Gasteiger partial charge in [0.05, 0.1) is 10.2 Å². The minimum absolute atomic E-state index is 0.0190. The zero-order chi connectivity index (χ0) is 20.3. The van der Waals surface area contributed by atoms with E-state index in [1.165, 1.54) is 24.3 Å². The van der Waals surface area contributed by atoms with Crippen LogP contribution in [0.1, 0.15) is 18.1 Å². The third-order valence-corrected chi connectivity index (χ3v) is 5.09. The zero-order valence-electron chi connectivity index (χ0n) is 15.5. The van der Waals surface area contributed by atoms with Crippen LogP contribution in [0.15, 0.2) is 52.1 Å². The lowest BCUT2D eigenvalue weighted by Crippen LogP contribution is -2.22. The molecule has 3 aromatic rings. The van der Waals surface area contributed by atoms with Gasteiger partial charge in [-0.15, -0.1) is 10.2 Å². The Morgan fingerprint density at radius 2 is 1.86 bits per heavy atom. The topological polar surface area (TPSA) is 111 Å². The van der Waals surface area contributed by atoms with Gasteiger partial charge in [0.15, 0.2) is 0 Å². The fourth-order valence-electron chi connectivity index (χ4n) is 2.37. The van der Waals surface area contributed by atoms with Gasteiger partial charge in [-0.25, -0.2) is 0 Å². The number of aryl methyl sites for hydroxylation is 2. The molecule has 9 heteroatoms. The normalized spacial score (nSPS) is 11.8. The molecule has 0 saturated heterocycles. The van der Waals surface area contributed by atoms with Gasteiger partial charge in [0, 0.05) is 23.4 Å². The summed E-state index contributed by atoms with van der Waals surface area (Å²) in [5.41, 5.74) is 3.54. The van der Waals surface area contributed by atoms with E-state index in [1.807, 2.05) is 32.0 Å². The van der Waals surface area contributed by atoms with Crippen LogP contribution in [-0.2, 0) is 4.79 Å². The third kappa shape index (κ3) is 4.55. The van der Waals surface area contributed by atoms with Gasteiger partial charge in [0.25, 0.3) is 10.9 Å². The van der Waals surface area contributed by atoms with E-state index in [1.54, 1.807) is 6.92 Å². The number of non-ortho nitro benzene ring substituents is 1. The van der Waals surface area contributed by atoms with Gasteiger partial charge >= 0.3 is 0 Å². The summed E-state index contributed by atoms with van der Waals surface area (Å²) in [7, 11) is 0. The van der Waals surface area contributed by atoms with Crippen molar-refractivity contribution in [3.8, 4) is 11.5 Å². The number of hydrogen-bond donors (Lipinski definition) is 1. The molecular formula is C19H18N4O4S. The van der Waals surface area contributed by atoms with E-state index in [-0.39, 0.29) is 22.7 Å². The van der Waals surface area contributed by atoms with E-state index in [0.717, 1.165) is 28.6 Å². The fraction of sp³-hybridized carbons (Fsp3) is 0.211. The van der Waals surface area contributed by atoms with Gasteiger partial charge in [-0.1, -0.05) is 17.8 Å². The van der Waals surface area contributed by atoms with Crippen molar-refractivity contribution in [3.05, 3.63) is 63.7 Å². The summed E-state index contributed by atoms with van der Waals surface area (Å²) in [4.78, 5) is 22.6. The summed E-state index contributed by atoms with van der Waals surface area (Å²) in [5, 5.41) is 21.3. The van der Waals surface area contributed by atoms with E-state index in [0.29, 0.717) is 5.56 Å². The van der Waals surface area contributed by atoms with Crippen molar-refractivity contribution in [2.45, 2.75) is 31.2 Å². The summed E-state index contributed by atoms with van der Waals surface area (Å²) in [5.74, 6) is 0.0579. The summed E-state index contributed by atoms with van der Waals surface area (Å²) in [6, 6.07) is 11.5. The van der Waals surface area contributed by atoms with E-state index in [4.69, 9.17) is 4.42 Å². The monoisotopic (exact) mass is 398 g/mol. The number of carbonyl (C=O) groups excluding carboxylic acids is 1. The number of rotatable bonds is 6. The second kappa shape index (κ2) is 8.22. The number of carbonyl (C=O) groups is 1. The van der Waals surface area contributed by atoms with Gasteiger partial charge in [0.2, 0.25) is 11.8 Å². The number of thioether (sulfide) groups is 1. The van der Waals surface area contributed by atoms with Crippen LogP contribution in [0, 0.1) is 24.0 Å². The maximum absolute atomic E-state index is 12.4. The molecule has 1 N–H and O–H groups in total. The van der Waals surface area contributed by atoms with Gasteiger partial charge < -0.3 is 9.73 Å². The molecule has 144 valence electrons. The fourth-order valence-corrected chi connectivity index (χ4v) is 3.05. The Bertz CT molecular complexity index is 1020. The molecule has 0 saturated carbocycles. The highest BCUT2D eigenvalue weighted by atomic mass is 32.2. The molecule has 0 aliphatic rings. The molecule has 1 heterocycles. The lowest BCUT2D eigenvalue weighted by Gasteiger charge is -2.11. The Labute approximate surface area is 165 Å². The Hall–Kier alpha value is -3.20. The lowest BCUT2D eigenvalue weighted by atomic mass is 10.1. The van der Waals surface area contributed by atoms with Gasteiger partial charge in [-0.2, -0.15) is 0 Å². The molecule has 0 bridgehead atoms. The van der Waals surface area contributed by atoms with Crippen molar-refractivity contribution in [2.75, 3.05) is 5.32 Å². The number of hydrogen-bond acceptors (Lipinski definition) is 7. The first-order valence-electron chi connectivity index (χ1n) is 8.46. The van der Waals surface area contributed by atoms with E-state index in [2.05, 4.69) is 15.5 Å². The smallest absolute Gasteiger partial charge is 0.277 e. The standard InChI is InChI=1S/C19H18N4O4S/c1-11-4-7-15(10-12(11)2)20-17(24)13(3)28-19-22-21-18(27-19)14-5-8-16(9-6-14)23(25)26/h4-10,13H,1-3H3,(H,20,24)/t13-/m0/s1. The SMILES string of the molecule is Cc1ccc(NC(=O)[C@H](C)Sc2nnc(-c3ccc([N+](=O)[O-])cc3)o2)cc1C. The number of amides is 1. The third-order valence-electron chi connectivity index (χ3n) is 4.15. The molecule has 1 amide bonds. The molecule has 1 aromatic heterocycles. The Balaban J connectivity index is 1.64. The molecule has 0 fully saturated rings. The number of benzene rings is 2. The van der Waals surface area contributed by atoms with Crippen molar-refractivity contribution in [2.24, 2.45) is 0 Å². The molecule has 0 radical (unpaired) electrons. The molecule has 1 atom stereocenters. The average molecular weight is 398 g/mol. The Kier molecular flexibility index (Phi) is 5.74. The maximum atomic E-state index is 12.4. The molecule has 0 aliphatic heterocycles. The first-order valence-corrected chi connectivity index (χ1v) is 9.34. The second-order valence-corrected chi connectivity index (χ2v) is 7.52. The van der Waals surface area contributed by atoms with Crippen molar-refractivity contribution in [3.63, 3.8) is 0 Å². The number of aromatic nitrogens is 2. The van der Waals surface area contributed by atoms with Gasteiger partial charge in [-0.3, -0.25) is 14.9 Å².